The second-order valence-electron chi connectivity index (χ2n) is 10.5. The van der Waals surface area contributed by atoms with E-state index in [4.69, 9.17) is 0 Å². The summed E-state index contributed by atoms with van der Waals surface area (Å²) in [7, 11) is 0. The lowest BCUT2D eigenvalue weighted by Gasteiger charge is -2.49. The van der Waals surface area contributed by atoms with Crippen molar-refractivity contribution in [1.82, 2.24) is 10.6 Å². The molecule has 4 bridgehead atoms. The van der Waals surface area contributed by atoms with E-state index in [2.05, 4.69) is 102 Å². The largest absolute Gasteiger partial charge is 0.308 e. The Hall–Kier alpha value is -2.07. The standard InChI is InChI=1S/C31H36N2S/c1-34-27-18-9-8-15-24(27)20-32-30-29-23-16-10-17-25(29)26(19-23)33-31(30)28(21-11-4-2-5-12-21)22-13-6-3-7-14-22/h2-9,11-15,18,23,25-26,28-33H,10,16-17,19-20H2,1H3. The number of rotatable bonds is 7. The lowest BCUT2D eigenvalue weighted by atomic mass is 9.66. The van der Waals surface area contributed by atoms with Crippen molar-refractivity contribution in [3.05, 3.63) is 102 Å². The van der Waals surface area contributed by atoms with Crippen molar-refractivity contribution < 1.29 is 0 Å². The summed E-state index contributed by atoms with van der Waals surface area (Å²) in [6.45, 7) is 0.941. The molecule has 2 saturated carbocycles. The smallest absolute Gasteiger partial charge is 0.0336 e. The monoisotopic (exact) mass is 468 g/mol. The molecule has 6 rings (SSSR count). The summed E-state index contributed by atoms with van der Waals surface area (Å²) in [5, 5.41) is 8.42. The highest BCUT2D eigenvalue weighted by Crippen LogP contribution is 2.53. The minimum Gasteiger partial charge on any atom is -0.308 e. The van der Waals surface area contributed by atoms with Gasteiger partial charge in [0.15, 0.2) is 0 Å². The maximum absolute atomic E-state index is 4.26. The fourth-order valence-corrected chi connectivity index (χ4v) is 8.13. The van der Waals surface area contributed by atoms with Crippen LogP contribution < -0.4 is 10.6 Å². The molecule has 2 aliphatic carbocycles. The molecule has 0 spiro atoms. The lowest BCUT2D eigenvalue weighted by molar-refractivity contribution is 0.0919. The number of hydrogen-bond donors (Lipinski definition) is 2. The molecular weight excluding hydrogens is 432 g/mol. The van der Waals surface area contributed by atoms with E-state index in [1.54, 1.807) is 0 Å². The third-order valence-electron chi connectivity index (χ3n) is 8.83. The Morgan fingerprint density at radius 1 is 0.882 bits per heavy atom. The molecule has 2 nitrogen and oxygen atoms in total. The summed E-state index contributed by atoms with van der Waals surface area (Å²) in [6.07, 6.45) is 7.77. The highest BCUT2D eigenvalue weighted by Gasteiger charge is 2.55. The van der Waals surface area contributed by atoms with Crippen LogP contribution in [0.5, 0.6) is 0 Å². The van der Waals surface area contributed by atoms with E-state index >= 15 is 0 Å². The molecule has 2 N–H and O–H groups in total. The van der Waals surface area contributed by atoms with E-state index in [1.165, 1.54) is 47.3 Å². The fourth-order valence-electron chi connectivity index (χ4n) is 7.51. The normalized spacial score (nSPS) is 29.9. The average Bonchev–Trinajstić information content (AvgIpc) is 3.02. The average molecular weight is 469 g/mol. The number of nitrogens with one attached hydrogen (secondary N) is 2. The maximum Gasteiger partial charge on any atom is 0.0336 e. The maximum atomic E-state index is 4.26. The zero-order chi connectivity index (χ0) is 22.9. The van der Waals surface area contributed by atoms with Crippen LogP contribution in [0.3, 0.4) is 0 Å². The van der Waals surface area contributed by atoms with Gasteiger partial charge in [-0.2, -0.15) is 0 Å². The van der Waals surface area contributed by atoms with E-state index in [0.29, 0.717) is 24.0 Å². The Morgan fingerprint density at radius 3 is 2.26 bits per heavy atom. The molecule has 1 heterocycles. The van der Waals surface area contributed by atoms with Gasteiger partial charge in [-0.1, -0.05) is 91.7 Å². The van der Waals surface area contributed by atoms with Gasteiger partial charge < -0.3 is 10.6 Å². The summed E-state index contributed by atoms with van der Waals surface area (Å²) in [5.74, 6) is 2.82. The van der Waals surface area contributed by atoms with Crippen molar-refractivity contribution >= 4 is 11.8 Å². The quantitative estimate of drug-likeness (QED) is 0.388. The molecule has 34 heavy (non-hydrogen) atoms. The Kier molecular flexibility index (Phi) is 6.51. The van der Waals surface area contributed by atoms with Crippen molar-refractivity contribution in [2.45, 2.75) is 61.2 Å². The summed E-state index contributed by atoms with van der Waals surface area (Å²) in [5.41, 5.74) is 4.28. The number of hydrogen-bond acceptors (Lipinski definition) is 3. The van der Waals surface area contributed by atoms with Gasteiger partial charge in [0.05, 0.1) is 0 Å². The van der Waals surface area contributed by atoms with E-state index < -0.39 is 0 Å². The van der Waals surface area contributed by atoms with Crippen molar-refractivity contribution in [2.24, 2.45) is 17.8 Å². The van der Waals surface area contributed by atoms with Crippen LogP contribution in [0.1, 0.15) is 48.3 Å². The van der Waals surface area contributed by atoms with Gasteiger partial charge in [0.1, 0.15) is 0 Å². The molecule has 0 radical (unpaired) electrons. The molecule has 6 atom stereocenters. The molecule has 1 aliphatic heterocycles. The molecule has 1 saturated heterocycles. The summed E-state index contributed by atoms with van der Waals surface area (Å²) in [6, 6.07) is 32.9. The molecule has 3 aromatic rings. The summed E-state index contributed by atoms with van der Waals surface area (Å²) in [4.78, 5) is 1.39. The topological polar surface area (TPSA) is 24.1 Å². The van der Waals surface area contributed by atoms with Gasteiger partial charge in [0, 0.05) is 35.5 Å². The minimum absolute atomic E-state index is 0.347. The van der Waals surface area contributed by atoms with Crippen LogP contribution in [0, 0.1) is 17.8 Å². The molecule has 0 aromatic heterocycles. The van der Waals surface area contributed by atoms with Crippen molar-refractivity contribution in [2.75, 3.05) is 6.26 Å². The van der Waals surface area contributed by atoms with Gasteiger partial charge in [0.2, 0.25) is 0 Å². The van der Waals surface area contributed by atoms with Crippen LogP contribution in [0.25, 0.3) is 0 Å². The second-order valence-corrected chi connectivity index (χ2v) is 11.3. The van der Waals surface area contributed by atoms with Gasteiger partial charge in [-0.25, -0.2) is 0 Å². The van der Waals surface area contributed by atoms with Gasteiger partial charge >= 0.3 is 0 Å². The van der Waals surface area contributed by atoms with Gasteiger partial charge in [-0.05, 0) is 59.6 Å². The summed E-state index contributed by atoms with van der Waals surface area (Å²) >= 11 is 1.86. The predicted molar refractivity (Wildman–Crippen MR) is 143 cm³/mol. The Morgan fingerprint density at radius 2 is 1.56 bits per heavy atom. The first kappa shape index (κ1) is 22.4. The van der Waals surface area contributed by atoms with Crippen LogP contribution >= 0.6 is 11.8 Å². The Balaban J connectivity index is 1.38. The molecule has 3 aromatic carbocycles. The first-order valence-electron chi connectivity index (χ1n) is 13.0. The zero-order valence-electron chi connectivity index (χ0n) is 20.1. The van der Waals surface area contributed by atoms with Gasteiger partial charge in [-0.3, -0.25) is 0 Å². The van der Waals surface area contributed by atoms with E-state index in [1.807, 2.05) is 11.8 Å². The highest BCUT2D eigenvalue weighted by atomic mass is 32.2. The van der Waals surface area contributed by atoms with Gasteiger partial charge in [-0.15, -0.1) is 11.8 Å². The fraction of sp³-hybridized carbons (Fsp3) is 0.419. The van der Waals surface area contributed by atoms with Gasteiger partial charge in [0.25, 0.3) is 0 Å². The number of piperidine rings is 1. The van der Waals surface area contributed by atoms with Crippen molar-refractivity contribution in [3.8, 4) is 0 Å². The molecule has 3 fully saturated rings. The zero-order valence-corrected chi connectivity index (χ0v) is 20.9. The third-order valence-corrected chi connectivity index (χ3v) is 9.67. The molecule has 176 valence electrons. The van der Waals surface area contributed by atoms with Crippen LogP contribution in [0.15, 0.2) is 89.8 Å². The molecule has 3 heteroatoms. The SMILES string of the molecule is CSc1ccccc1CNC1C(C(c2ccccc2)c2ccccc2)NC2CC3CCCC2C31. The highest BCUT2D eigenvalue weighted by molar-refractivity contribution is 7.98. The molecule has 3 aliphatic rings. The van der Waals surface area contributed by atoms with E-state index in [0.717, 1.165) is 24.3 Å². The van der Waals surface area contributed by atoms with Crippen LogP contribution in [0.2, 0.25) is 0 Å². The Bertz CT molecular complexity index is 1050. The third kappa shape index (κ3) is 4.12. The lowest BCUT2D eigenvalue weighted by Crippen LogP contribution is -2.63. The Labute approximate surface area is 208 Å². The van der Waals surface area contributed by atoms with E-state index in [9.17, 15) is 0 Å². The van der Waals surface area contributed by atoms with Crippen LogP contribution in [-0.2, 0) is 6.54 Å². The van der Waals surface area contributed by atoms with Crippen molar-refractivity contribution in [1.29, 1.82) is 0 Å². The van der Waals surface area contributed by atoms with Crippen molar-refractivity contribution in [3.63, 3.8) is 0 Å². The van der Waals surface area contributed by atoms with E-state index in [-0.39, 0.29) is 0 Å². The minimum atomic E-state index is 0.347. The first-order valence-corrected chi connectivity index (χ1v) is 14.3. The first-order chi connectivity index (χ1) is 16.8. The van der Waals surface area contributed by atoms with Crippen LogP contribution in [0.4, 0.5) is 0 Å². The predicted octanol–water partition coefficient (Wildman–Crippen LogP) is 6.48. The molecule has 0 amide bonds. The molecular formula is C31H36N2S. The molecule has 6 unspecified atom stereocenters. The van der Waals surface area contributed by atoms with Crippen LogP contribution in [-0.4, -0.2) is 24.4 Å². The number of benzene rings is 3. The second kappa shape index (κ2) is 9.89. The summed E-state index contributed by atoms with van der Waals surface area (Å²) < 4.78 is 0. The number of thioether (sulfide) groups is 1.